The fraction of sp³-hybridized carbons (Fsp3) is 0.889. The maximum atomic E-state index is 10.4. The number of carbonyl (C=O) groups is 1. The summed E-state index contributed by atoms with van der Waals surface area (Å²) in [5, 5.41) is 0. The van der Waals surface area contributed by atoms with Crippen LogP contribution in [0.5, 0.6) is 0 Å². The standard InChI is InChI=1S/C9H14O/c10-6-5-9(7-1-2-7)8-3-4-8/h6-9H,1-5H2/i5D. The van der Waals surface area contributed by atoms with Gasteiger partial charge in [0.2, 0.25) is 0 Å². The molecule has 0 radical (unpaired) electrons. The van der Waals surface area contributed by atoms with Crippen LogP contribution in [0.1, 0.15) is 33.5 Å². The summed E-state index contributed by atoms with van der Waals surface area (Å²) in [6.45, 7) is 0. The molecule has 0 bridgehead atoms. The number of aldehydes is 1. The fourth-order valence-corrected chi connectivity index (χ4v) is 1.75. The first-order valence-electron chi connectivity index (χ1n) is 4.78. The average molecular weight is 139 g/mol. The van der Waals surface area contributed by atoms with Crippen molar-refractivity contribution >= 4 is 6.29 Å². The van der Waals surface area contributed by atoms with Crippen molar-refractivity contribution in [2.24, 2.45) is 17.8 Å². The van der Waals surface area contributed by atoms with E-state index in [1.54, 1.807) is 0 Å². The molecule has 10 heavy (non-hydrogen) atoms. The lowest BCUT2D eigenvalue weighted by Crippen LogP contribution is -2.05. The van der Waals surface area contributed by atoms with Crippen molar-refractivity contribution < 1.29 is 6.17 Å². The maximum Gasteiger partial charge on any atom is 0.120 e. The molecule has 1 unspecified atom stereocenters. The zero-order chi connectivity index (χ0) is 7.84. The Bertz CT molecular complexity index is 149. The van der Waals surface area contributed by atoms with E-state index in [2.05, 4.69) is 0 Å². The van der Waals surface area contributed by atoms with E-state index in [4.69, 9.17) is 1.37 Å². The van der Waals surface area contributed by atoms with Crippen molar-refractivity contribution in [2.75, 3.05) is 0 Å². The highest BCUT2D eigenvalue weighted by molar-refractivity contribution is 5.50. The van der Waals surface area contributed by atoms with Gasteiger partial charge >= 0.3 is 0 Å². The zero-order valence-electron chi connectivity index (χ0n) is 7.12. The van der Waals surface area contributed by atoms with E-state index < -0.39 is 6.40 Å². The molecule has 0 spiro atoms. The third-order valence-corrected chi connectivity index (χ3v) is 2.63. The van der Waals surface area contributed by atoms with Crippen molar-refractivity contribution in [2.45, 2.75) is 32.1 Å². The van der Waals surface area contributed by atoms with Gasteiger partial charge in [-0.25, -0.2) is 0 Å². The van der Waals surface area contributed by atoms with Gasteiger partial charge in [-0.15, -0.1) is 0 Å². The molecule has 0 aromatic rings. The number of carbonyl (C=O) groups excluding carboxylic acids is 1. The Morgan fingerprint density at radius 3 is 2.20 bits per heavy atom. The summed E-state index contributed by atoms with van der Waals surface area (Å²) < 4.78 is 7.55. The second-order valence-corrected chi connectivity index (χ2v) is 3.58. The molecular formula is C9H14O. The minimum atomic E-state index is -0.421. The van der Waals surface area contributed by atoms with Gasteiger partial charge in [-0.05, 0) is 43.4 Å². The van der Waals surface area contributed by atoms with Gasteiger partial charge in [0.1, 0.15) is 6.29 Å². The zero-order valence-corrected chi connectivity index (χ0v) is 6.12. The first-order chi connectivity index (χ1) is 5.33. The number of hydrogen-bond acceptors (Lipinski definition) is 1. The molecule has 0 heterocycles. The van der Waals surface area contributed by atoms with Crippen LogP contribution >= 0.6 is 0 Å². The summed E-state index contributed by atoms with van der Waals surface area (Å²) in [6, 6.07) is 0. The molecule has 0 aromatic heterocycles. The smallest absolute Gasteiger partial charge is 0.120 e. The quantitative estimate of drug-likeness (QED) is 0.544. The summed E-state index contributed by atoms with van der Waals surface area (Å²) in [5.74, 6) is 1.89. The average Bonchev–Trinajstić information content (AvgIpc) is 2.81. The van der Waals surface area contributed by atoms with E-state index in [0.29, 0.717) is 5.92 Å². The molecule has 2 fully saturated rings. The SMILES string of the molecule is [2H]C(C=O)C(C1CC1)C1CC1. The Balaban J connectivity index is 1.95. The summed E-state index contributed by atoms with van der Waals surface area (Å²) in [4.78, 5) is 10.4. The van der Waals surface area contributed by atoms with Crippen LogP contribution in [0, 0.1) is 17.8 Å². The summed E-state index contributed by atoms with van der Waals surface area (Å²) in [5.41, 5.74) is 0. The molecule has 0 aliphatic heterocycles. The van der Waals surface area contributed by atoms with Crippen molar-refractivity contribution in [3.8, 4) is 0 Å². The number of rotatable bonds is 4. The Morgan fingerprint density at radius 2 is 1.90 bits per heavy atom. The van der Waals surface area contributed by atoms with Gasteiger partial charge in [-0.3, -0.25) is 0 Å². The summed E-state index contributed by atoms with van der Waals surface area (Å²) in [7, 11) is 0. The monoisotopic (exact) mass is 139 g/mol. The van der Waals surface area contributed by atoms with Crippen LogP contribution in [0.3, 0.4) is 0 Å². The third-order valence-electron chi connectivity index (χ3n) is 2.63. The number of hydrogen-bond donors (Lipinski definition) is 0. The molecule has 0 N–H and O–H groups in total. The topological polar surface area (TPSA) is 17.1 Å². The van der Waals surface area contributed by atoms with Gasteiger partial charge in [0.05, 0.1) is 0 Å². The Morgan fingerprint density at radius 1 is 1.40 bits per heavy atom. The lowest BCUT2D eigenvalue weighted by atomic mass is 9.95. The van der Waals surface area contributed by atoms with E-state index in [1.807, 2.05) is 0 Å². The molecule has 2 rings (SSSR count). The minimum Gasteiger partial charge on any atom is -0.303 e. The van der Waals surface area contributed by atoms with Crippen molar-refractivity contribution in [3.05, 3.63) is 0 Å². The molecule has 2 aliphatic rings. The molecule has 2 saturated carbocycles. The van der Waals surface area contributed by atoms with Crippen LogP contribution in [0.25, 0.3) is 0 Å². The highest BCUT2D eigenvalue weighted by atomic mass is 16.1. The highest BCUT2D eigenvalue weighted by Crippen LogP contribution is 2.50. The van der Waals surface area contributed by atoms with Gasteiger partial charge in [0, 0.05) is 7.77 Å². The molecule has 0 amide bonds. The van der Waals surface area contributed by atoms with Gasteiger partial charge in [0.25, 0.3) is 0 Å². The van der Waals surface area contributed by atoms with Crippen LogP contribution in [0.4, 0.5) is 0 Å². The van der Waals surface area contributed by atoms with E-state index >= 15 is 0 Å². The Kier molecular flexibility index (Phi) is 1.26. The highest BCUT2D eigenvalue weighted by Gasteiger charge is 2.40. The molecule has 0 saturated heterocycles. The van der Waals surface area contributed by atoms with Crippen LogP contribution in [0.2, 0.25) is 0 Å². The van der Waals surface area contributed by atoms with Gasteiger partial charge in [-0.1, -0.05) is 0 Å². The largest absolute Gasteiger partial charge is 0.303 e. The first-order valence-corrected chi connectivity index (χ1v) is 4.20. The maximum absolute atomic E-state index is 10.4. The second-order valence-electron chi connectivity index (χ2n) is 3.58. The van der Waals surface area contributed by atoms with E-state index in [0.717, 1.165) is 18.1 Å². The normalized spacial score (nSPS) is 29.9. The van der Waals surface area contributed by atoms with E-state index in [1.165, 1.54) is 25.7 Å². The lowest BCUT2D eigenvalue weighted by Gasteiger charge is -2.09. The predicted octanol–water partition coefficient (Wildman–Crippen LogP) is 2.01. The van der Waals surface area contributed by atoms with E-state index in [-0.39, 0.29) is 0 Å². The van der Waals surface area contributed by atoms with E-state index in [9.17, 15) is 4.79 Å². The molecule has 1 heteroatoms. The van der Waals surface area contributed by atoms with Crippen molar-refractivity contribution in [3.63, 3.8) is 0 Å². The summed E-state index contributed by atoms with van der Waals surface area (Å²) in [6.07, 6.45) is 5.47. The van der Waals surface area contributed by atoms with Crippen LogP contribution in [-0.4, -0.2) is 6.29 Å². The lowest BCUT2D eigenvalue weighted by molar-refractivity contribution is -0.108. The summed E-state index contributed by atoms with van der Waals surface area (Å²) >= 11 is 0. The molecular weight excluding hydrogens is 124 g/mol. The molecule has 2 aliphatic carbocycles. The second kappa shape index (κ2) is 2.37. The van der Waals surface area contributed by atoms with Crippen LogP contribution in [0.15, 0.2) is 0 Å². The molecule has 56 valence electrons. The van der Waals surface area contributed by atoms with Gasteiger partial charge in [-0.2, -0.15) is 0 Å². The van der Waals surface area contributed by atoms with Gasteiger partial charge < -0.3 is 4.79 Å². The fourth-order valence-electron chi connectivity index (χ4n) is 1.75. The van der Waals surface area contributed by atoms with Crippen LogP contribution < -0.4 is 0 Å². The Labute approximate surface area is 63.2 Å². The van der Waals surface area contributed by atoms with Crippen molar-refractivity contribution in [1.82, 2.24) is 0 Å². The molecule has 1 nitrogen and oxygen atoms in total. The minimum absolute atomic E-state index is 0.421. The van der Waals surface area contributed by atoms with Crippen LogP contribution in [-0.2, 0) is 4.79 Å². The van der Waals surface area contributed by atoms with Crippen molar-refractivity contribution in [1.29, 1.82) is 0 Å². The predicted molar refractivity (Wildman–Crippen MR) is 39.6 cm³/mol. The molecule has 1 atom stereocenters. The van der Waals surface area contributed by atoms with Gasteiger partial charge in [0.15, 0.2) is 0 Å². The third kappa shape index (κ3) is 1.23. The first kappa shape index (κ1) is 5.34. The molecule has 0 aromatic carbocycles. The Hall–Kier alpha value is -0.330.